The van der Waals surface area contributed by atoms with E-state index in [9.17, 15) is 0 Å². The van der Waals surface area contributed by atoms with E-state index in [1.807, 2.05) is 36.4 Å². The van der Waals surface area contributed by atoms with Gasteiger partial charge in [0.2, 0.25) is 0 Å². The molecule has 1 atom stereocenters. The summed E-state index contributed by atoms with van der Waals surface area (Å²) in [5.74, 6) is 0.831. The molecule has 1 aliphatic rings. The lowest BCUT2D eigenvalue weighted by molar-refractivity contribution is 0.135. The number of fused-ring (bicyclic) bond motifs is 1. The van der Waals surface area contributed by atoms with Crippen LogP contribution in [0, 0.1) is 0 Å². The molecule has 0 aliphatic carbocycles. The molecule has 3 rings (SSSR count). The Hall–Kier alpha value is -2.00. The second kappa shape index (κ2) is 4.11. The van der Waals surface area contributed by atoms with E-state index in [0.29, 0.717) is 0 Å². The molecule has 2 aromatic carbocycles. The second-order valence-electron chi connectivity index (χ2n) is 4.21. The highest BCUT2D eigenvalue weighted by atomic mass is 16.6. The summed E-state index contributed by atoms with van der Waals surface area (Å²) in [6, 6.07) is 16.1. The fourth-order valence-corrected chi connectivity index (χ4v) is 2.15. The summed E-state index contributed by atoms with van der Waals surface area (Å²) in [7, 11) is 0. The Morgan fingerprint density at radius 3 is 2.71 bits per heavy atom. The molecule has 0 saturated carbocycles. The highest BCUT2D eigenvalue weighted by Crippen LogP contribution is 2.32. The van der Waals surface area contributed by atoms with Crippen molar-refractivity contribution in [2.75, 3.05) is 5.73 Å². The summed E-state index contributed by atoms with van der Waals surface area (Å²) >= 11 is 0. The second-order valence-corrected chi connectivity index (χ2v) is 4.21. The fraction of sp³-hybridized carbons (Fsp3) is 0.143. The normalized spacial score (nSPS) is 18.2. The van der Waals surface area contributed by atoms with Gasteiger partial charge in [-0.25, -0.2) is 0 Å². The summed E-state index contributed by atoms with van der Waals surface area (Å²) in [6.45, 7) is 0. The molecule has 0 amide bonds. The van der Waals surface area contributed by atoms with Crippen LogP contribution in [0.1, 0.15) is 17.2 Å². The Balaban J connectivity index is 1.93. The summed E-state index contributed by atoms with van der Waals surface area (Å²) in [5, 5.41) is 0. The molecule has 0 radical (unpaired) electrons. The lowest BCUT2D eigenvalue weighted by atomic mass is 9.97. The molecule has 0 spiro atoms. The zero-order chi connectivity index (χ0) is 11.7. The Kier molecular flexibility index (Phi) is 2.46. The molecule has 1 aliphatic heterocycles. The van der Waals surface area contributed by atoms with E-state index in [1.165, 1.54) is 5.56 Å². The Morgan fingerprint density at radius 1 is 1.06 bits per heavy atom. The Bertz CT molecular complexity index is 525. The highest BCUT2D eigenvalue weighted by Gasteiger charge is 2.22. The Labute approximate surface area is 100 Å². The standard InChI is InChI=1S/C14H14N2O/c15-12-7-4-8-14-11(12)9-13(16-17-14)10-5-2-1-3-6-10/h1-8,13,16H,9,15H2. The first-order valence-corrected chi connectivity index (χ1v) is 5.69. The van der Waals surface area contributed by atoms with E-state index in [0.717, 1.165) is 23.4 Å². The SMILES string of the molecule is Nc1cccc2c1CC(c1ccccc1)NO2. The smallest absolute Gasteiger partial charge is 0.152 e. The van der Waals surface area contributed by atoms with Crippen molar-refractivity contribution in [3.63, 3.8) is 0 Å². The van der Waals surface area contributed by atoms with Crippen LogP contribution in [0.15, 0.2) is 48.5 Å². The van der Waals surface area contributed by atoms with Crippen LogP contribution >= 0.6 is 0 Å². The number of hydrogen-bond donors (Lipinski definition) is 2. The van der Waals surface area contributed by atoms with Crippen molar-refractivity contribution in [2.45, 2.75) is 12.5 Å². The summed E-state index contributed by atoms with van der Waals surface area (Å²) < 4.78 is 0. The fourth-order valence-electron chi connectivity index (χ4n) is 2.15. The van der Waals surface area contributed by atoms with Gasteiger partial charge >= 0.3 is 0 Å². The van der Waals surface area contributed by atoms with Crippen LogP contribution < -0.4 is 16.1 Å². The van der Waals surface area contributed by atoms with Gasteiger partial charge in [-0.2, -0.15) is 0 Å². The van der Waals surface area contributed by atoms with Gasteiger partial charge in [-0.3, -0.25) is 0 Å². The minimum atomic E-state index is 0.161. The number of anilines is 1. The molecule has 0 bridgehead atoms. The van der Waals surface area contributed by atoms with Crippen LogP contribution in [0.3, 0.4) is 0 Å². The topological polar surface area (TPSA) is 47.3 Å². The van der Waals surface area contributed by atoms with Crippen molar-refractivity contribution in [1.29, 1.82) is 0 Å². The van der Waals surface area contributed by atoms with Crippen LogP contribution in [0.2, 0.25) is 0 Å². The highest BCUT2D eigenvalue weighted by molar-refractivity contribution is 5.55. The van der Waals surface area contributed by atoms with Crippen molar-refractivity contribution in [2.24, 2.45) is 0 Å². The quantitative estimate of drug-likeness (QED) is 0.734. The van der Waals surface area contributed by atoms with Gasteiger partial charge in [0.25, 0.3) is 0 Å². The summed E-state index contributed by atoms with van der Waals surface area (Å²) in [5.41, 5.74) is 12.1. The average molecular weight is 226 g/mol. The molecule has 3 N–H and O–H groups in total. The van der Waals surface area contributed by atoms with Gasteiger partial charge in [0.05, 0.1) is 6.04 Å². The van der Waals surface area contributed by atoms with Gasteiger partial charge in [-0.05, 0) is 17.7 Å². The van der Waals surface area contributed by atoms with E-state index in [1.54, 1.807) is 0 Å². The average Bonchev–Trinajstić information content (AvgIpc) is 2.40. The van der Waals surface area contributed by atoms with Crippen LogP contribution in [0.4, 0.5) is 5.69 Å². The maximum Gasteiger partial charge on any atom is 0.152 e. The van der Waals surface area contributed by atoms with Gasteiger partial charge in [-0.1, -0.05) is 36.4 Å². The predicted octanol–water partition coefficient (Wildman–Crippen LogP) is 2.45. The third kappa shape index (κ3) is 1.85. The van der Waals surface area contributed by atoms with Crippen molar-refractivity contribution >= 4 is 5.69 Å². The summed E-state index contributed by atoms with van der Waals surface area (Å²) in [6.07, 6.45) is 0.853. The minimum Gasteiger partial charge on any atom is -0.408 e. The van der Waals surface area contributed by atoms with Gasteiger partial charge in [0, 0.05) is 17.7 Å². The first kappa shape index (κ1) is 10.2. The van der Waals surface area contributed by atoms with E-state index in [-0.39, 0.29) is 6.04 Å². The third-order valence-corrected chi connectivity index (χ3v) is 3.09. The number of nitrogen functional groups attached to an aromatic ring is 1. The van der Waals surface area contributed by atoms with Crippen molar-refractivity contribution in [3.05, 3.63) is 59.7 Å². The molecule has 0 fully saturated rings. The minimum absolute atomic E-state index is 0.161. The first-order chi connectivity index (χ1) is 8.34. The largest absolute Gasteiger partial charge is 0.408 e. The van der Waals surface area contributed by atoms with Gasteiger partial charge in [-0.15, -0.1) is 5.48 Å². The van der Waals surface area contributed by atoms with Crippen LogP contribution in [-0.4, -0.2) is 0 Å². The number of hydrogen-bond acceptors (Lipinski definition) is 3. The predicted molar refractivity (Wildman–Crippen MR) is 67.5 cm³/mol. The Morgan fingerprint density at radius 2 is 1.88 bits per heavy atom. The van der Waals surface area contributed by atoms with E-state index in [4.69, 9.17) is 10.6 Å². The molecule has 0 saturated heterocycles. The van der Waals surface area contributed by atoms with Crippen LogP contribution in [-0.2, 0) is 6.42 Å². The molecule has 1 heterocycles. The van der Waals surface area contributed by atoms with Gasteiger partial charge in [0.1, 0.15) is 0 Å². The van der Waals surface area contributed by atoms with Gasteiger partial charge < -0.3 is 10.6 Å². The first-order valence-electron chi connectivity index (χ1n) is 5.69. The molecule has 86 valence electrons. The van der Waals surface area contributed by atoms with Crippen LogP contribution in [0.5, 0.6) is 5.75 Å². The zero-order valence-electron chi connectivity index (χ0n) is 9.39. The lowest BCUT2D eigenvalue weighted by Gasteiger charge is -2.27. The molecule has 0 aromatic heterocycles. The van der Waals surface area contributed by atoms with Crippen molar-refractivity contribution < 1.29 is 4.84 Å². The molecular formula is C14H14N2O. The molecule has 3 nitrogen and oxygen atoms in total. The number of nitrogens with two attached hydrogens (primary N) is 1. The van der Waals surface area contributed by atoms with E-state index in [2.05, 4.69) is 17.6 Å². The molecule has 17 heavy (non-hydrogen) atoms. The molecular weight excluding hydrogens is 212 g/mol. The number of rotatable bonds is 1. The van der Waals surface area contributed by atoms with E-state index < -0.39 is 0 Å². The van der Waals surface area contributed by atoms with Crippen LogP contribution in [0.25, 0.3) is 0 Å². The number of benzene rings is 2. The molecule has 1 unspecified atom stereocenters. The molecule has 2 aromatic rings. The van der Waals surface area contributed by atoms with Crippen molar-refractivity contribution in [3.8, 4) is 5.75 Å². The number of hydroxylamine groups is 1. The zero-order valence-corrected chi connectivity index (χ0v) is 9.39. The maximum atomic E-state index is 5.97. The third-order valence-electron chi connectivity index (χ3n) is 3.09. The van der Waals surface area contributed by atoms with Gasteiger partial charge in [0.15, 0.2) is 5.75 Å². The number of nitrogens with one attached hydrogen (secondary N) is 1. The lowest BCUT2D eigenvalue weighted by Crippen LogP contribution is -2.31. The monoisotopic (exact) mass is 226 g/mol. The molecule has 3 heteroatoms. The maximum absolute atomic E-state index is 5.97. The summed E-state index contributed by atoms with van der Waals surface area (Å²) in [4.78, 5) is 5.54. The van der Waals surface area contributed by atoms with E-state index >= 15 is 0 Å². The van der Waals surface area contributed by atoms with Crippen molar-refractivity contribution in [1.82, 2.24) is 5.48 Å².